The maximum Gasteiger partial charge on any atom is 0.223 e. The Kier molecular flexibility index (Phi) is 2.62. The summed E-state index contributed by atoms with van der Waals surface area (Å²) in [5, 5.41) is 0. The van der Waals surface area contributed by atoms with E-state index in [2.05, 4.69) is 24.0 Å². The van der Waals surface area contributed by atoms with Crippen LogP contribution in [0, 0.1) is 0 Å². The van der Waals surface area contributed by atoms with Crippen molar-refractivity contribution in [3.8, 4) is 17.2 Å². The highest BCUT2D eigenvalue weighted by atomic mass is 16.5. The molecule has 122 valence electrons. The lowest BCUT2D eigenvalue weighted by atomic mass is 9.74. The fraction of sp³-hybridized carbons (Fsp3) is 0.350. The summed E-state index contributed by atoms with van der Waals surface area (Å²) in [6, 6.07) is 12.2. The smallest absolute Gasteiger partial charge is 0.223 e. The zero-order valence-corrected chi connectivity index (χ0v) is 13.8. The fourth-order valence-corrected chi connectivity index (χ4v) is 4.64. The number of hydrogen-bond donors (Lipinski definition) is 0. The van der Waals surface area contributed by atoms with Gasteiger partial charge in [0.25, 0.3) is 0 Å². The highest BCUT2D eigenvalue weighted by Crippen LogP contribution is 2.57. The van der Waals surface area contributed by atoms with Gasteiger partial charge >= 0.3 is 0 Å². The number of ether oxygens (including phenoxy) is 2. The molecule has 1 saturated heterocycles. The Morgan fingerprint density at radius 2 is 2.08 bits per heavy atom. The van der Waals surface area contributed by atoms with Crippen LogP contribution in [0.3, 0.4) is 0 Å². The molecular formula is C20H19NO3. The molecule has 0 spiro atoms. The molecule has 1 amide bonds. The second kappa shape index (κ2) is 4.53. The van der Waals surface area contributed by atoms with Crippen LogP contribution in [-0.4, -0.2) is 24.5 Å². The van der Waals surface area contributed by atoms with Crippen LogP contribution in [0.5, 0.6) is 17.2 Å². The van der Waals surface area contributed by atoms with Gasteiger partial charge in [-0.2, -0.15) is 0 Å². The molecule has 0 radical (unpaired) electrons. The van der Waals surface area contributed by atoms with Crippen LogP contribution in [-0.2, 0) is 10.3 Å². The molecule has 0 bridgehead atoms. The van der Waals surface area contributed by atoms with Gasteiger partial charge in [0.05, 0.1) is 12.6 Å². The minimum atomic E-state index is -0.237. The first-order chi connectivity index (χ1) is 11.6. The van der Waals surface area contributed by atoms with Gasteiger partial charge in [0.2, 0.25) is 5.91 Å². The molecule has 2 aromatic carbocycles. The molecule has 0 unspecified atom stereocenters. The number of nitrogens with zero attached hydrogens (tertiary/aromatic N) is 1. The molecule has 2 atom stereocenters. The molecule has 4 nitrogen and oxygen atoms in total. The highest BCUT2D eigenvalue weighted by Gasteiger charge is 2.51. The van der Waals surface area contributed by atoms with E-state index >= 15 is 0 Å². The van der Waals surface area contributed by atoms with Crippen LogP contribution >= 0.6 is 0 Å². The van der Waals surface area contributed by atoms with Crippen molar-refractivity contribution in [2.45, 2.75) is 31.2 Å². The summed E-state index contributed by atoms with van der Waals surface area (Å²) in [7, 11) is 1.67. The van der Waals surface area contributed by atoms with Gasteiger partial charge < -0.3 is 14.4 Å². The van der Waals surface area contributed by atoms with Gasteiger partial charge in [0.1, 0.15) is 5.75 Å². The van der Waals surface area contributed by atoms with Crippen LogP contribution < -0.4 is 9.47 Å². The Morgan fingerprint density at radius 1 is 1.25 bits per heavy atom. The van der Waals surface area contributed by atoms with Gasteiger partial charge in [-0.15, -0.1) is 0 Å². The normalized spacial score (nSPS) is 26.3. The maximum atomic E-state index is 12.5. The summed E-state index contributed by atoms with van der Waals surface area (Å²) >= 11 is 0. The average Bonchev–Trinajstić information content (AvgIpc) is 2.91. The molecule has 4 heteroatoms. The number of carbonyl (C=O) groups excluding carboxylic acids is 1. The summed E-state index contributed by atoms with van der Waals surface area (Å²) in [6.07, 6.45) is 1.48. The number of carbonyl (C=O) groups is 1. The van der Waals surface area contributed by atoms with Crippen molar-refractivity contribution in [2.75, 3.05) is 13.7 Å². The molecule has 0 aliphatic carbocycles. The van der Waals surface area contributed by atoms with Crippen LogP contribution in [0.15, 0.2) is 36.4 Å². The summed E-state index contributed by atoms with van der Waals surface area (Å²) in [6.45, 7) is 2.89. The second-order valence-electron chi connectivity index (χ2n) is 7.03. The van der Waals surface area contributed by atoms with Crippen molar-refractivity contribution in [2.24, 2.45) is 0 Å². The van der Waals surface area contributed by atoms with Gasteiger partial charge in [-0.05, 0) is 31.0 Å². The number of hydrogen-bond acceptors (Lipinski definition) is 3. The third-order valence-corrected chi connectivity index (χ3v) is 5.90. The topological polar surface area (TPSA) is 38.8 Å². The van der Waals surface area contributed by atoms with E-state index in [0.29, 0.717) is 13.0 Å². The largest absolute Gasteiger partial charge is 0.493 e. The lowest BCUT2D eigenvalue weighted by molar-refractivity contribution is -0.131. The Bertz CT molecular complexity index is 875. The van der Waals surface area contributed by atoms with E-state index in [1.54, 1.807) is 7.11 Å². The van der Waals surface area contributed by atoms with E-state index in [1.165, 1.54) is 11.1 Å². The molecule has 0 N–H and O–H groups in total. The number of methoxy groups -OCH3 is 1. The van der Waals surface area contributed by atoms with Gasteiger partial charge in [0, 0.05) is 30.0 Å². The SMILES string of the molecule is COc1ccc2c3c1Oc1ccccc1[C@H]3CN1C(=O)CC[C@@]21C. The van der Waals surface area contributed by atoms with Crippen molar-refractivity contribution in [3.63, 3.8) is 0 Å². The first kappa shape index (κ1) is 13.9. The molecule has 0 saturated carbocycles. The Balaban J connectivity index is 1.82. The van der Waals surface area contributed by atoms with Crippen LogP contribution in [0.2, 0.25) is 0 Å². The molecule has 24 heavy (non-hydrogen) atoms. The quantitative estimate of drug-likeness (QED) is 0.802. The van der Waals surface area contributed by atoms with Crippen molar-refractivity contribution in [3.05, 3.63) is 53.1 Å². The van der Waals surface area contributed by atoms with Crippen molar-refractivity contribution in [1.82, 2.24) is 4.90 Å². The molecule has 5 rings (SSSR count). The van der Waals surface area contributed by atoms with E-state index < -0.39 is 0 Å². The first-order valence-electron chi connectivity index (χ1n) is 8.42. The molecule has 1 fully saturated rings. The fourth-order valence-electron chi connectivity index (χ4n) is 4.64. The van der Waals surface area contributed by atoms with Gasteiger partial charge in [-0.3, -0.25) is 4.79 Å². The summed E-state index contributed by atoms with van der Waals surface area (Å²) in [5.41, 5.74) is 3.32. The van der Waals surface area contributed by atoms with E-state index in [1.807, 2.05) is 24.3 Å². The molecular weight excluding hydrogens is 302 g/mol. The van der Waals surface area contributed by atoms with Crippen LogP contribution in [0.1, 0.15) is 42.4 Å². The molecule has 0 aromatic heterocycles. The van der Waals surface area contributed by atoms with E-state index in [0.717, 1.165) is 29.2 Å². The third kappa shape index (κ3) is 1.56. The van der Waals surface area contributed by atoms with Crippen molar-refractivity contribution in [1.29, 1.82) is 0 Å². The molecule has 2 aromatic rings. The Labute approximate surface area is 141 Å². The lowest BCUT2D eigenvalue weighted by Gasteiger charge is -2.47. The molecule has 3 aliphatic heterocycles. The maximum absolute atomic E-state index is 12.5. The predicted octanol–water partition coefficient (Wildman–Crippen LogP) is 3.78. The minimum absolute atomic E-state index is 0.144. The summed E-state index contributed by atoms with van der Waals surface area (Å²) < 4.78 is 11.8. The minimum Gasteiger partial charge on any atom is -0.493 e. The van der Waals surface area contributed by atoms with Crippen molar-refractivity contribution < 1.29 is 14.3 Å². The number of benzene rings is 2. The number of para-hydroxylation sites is 1. The van der Waals surface area contributed by atoms with E-state index in [4.69, 9.17) is 9.47 Å². The Morgan fingerprint density at radius 3 is 2.92 bits per heavy atom. The third-order valence-electron chi connectivity index (χ3n) is 5.90. The van der Waals surface area contributed by atoms with Crippen LogP contribution in [0.25, 0.3) is 0 Å². The monoisotopic (exact) mass is 321 g/mol. The molecule has 3 aliphatic rings. The first-order valence-corrected chi connectivity index (χ1v) is 8.42. The van der Waals surface area contributed by atoms with Crippen LogP contribution in [0.4, 0.5) is 0 Å². The van der Waals surface area contributed by atoms with Crippen molar-refractivity contribution >= 4 is 5.91 Å². The highest BCUT2D eigenvalue weighted by molar-refractivity contribution is 5.82. The number of rotatable bonds is 1. The van der Waals surface area contributed by atoms with Gasteiger partial charge in [-0.25, -0.2) is 0 Å². The summed E-state index contributed by atoms with van der Waals surface area (Å²) in [5.74, 6) is 2.84. The Hall–Kier alpha value is -2.49. The number of fused-ring (bicyclic) bond motifs is 4. The predicted molar refractivity (Wildman–Crippen MR) is 89.7 cm³/mol. The van der Waals surface area contributed by atoms with Gasteiger partial charge in [0.15, 0.2) is 11.5 Å². The van der Waals surface area contributed by atoms with Gasteiger partial charge in [-0.1, -0.05) is 24.3 Å². The molecule has 3 heterocycles. The average molecular weight is 321 g/mol. The van der Waals surface area contributed by atoms with E-state index in [-0.39, 0.29) is 17.4 Å². The zero-order valence-electron chi connectivity index (χ0n) is 13.8. The van der Waals surface area contributed by atoms with E-state index in [9.17, 15) is 4.79 Å². The lowest BCUT2D eigenvalue weighted by Crippen LogP contribution is -2.48. The second-order valence-corrected chi connectivity index (χ2v) is 7.03. The number of amides is 1. The zero-order chi connectivity index (χ0) is 16.5. The summed E-state index contributed by atoms with van der Waals surface area (Å²) in [4.78, 5) is 14.6. The standard InChI is InChI=1S/C20H19NO3/c1-20-10-9-17(22)21(20)11-13-12-5-3-4-6-15(12)24-19-16(23-2)8-7-14(20)18(13)19/h3-8,13H,9-11H2,1-2H3/t13-,20+/m1/s1.